The number of sulfonamides is 1. The number of halogens is 2. The van der Waals surface area contributed by atoms with Crippen LogP contribution in [0, 0.1) is 0 Å². The monoisotopic (exact) mass is 486 g/mol. The van der Waals surface area contributed by atoms with Gasteiger partial charge in [0.15, 0.2) is 6.10 Å². The minimum Gasteiger partial charge on any atom is -0.480 e. The summed E-state index contributed by atoms with van der Waals surface area (Å²) in [6, 6.07) is 10.4. The van der Waals surface area contributed by atoms with Gasteiger partial charge in [0, 0.05) is 22.8 Å². The van der Waals surface area contributed by atoms with E-state index in [1.165, 1.54) is 0 Å². The minimum absolute atomic E-state index is 0.195. The zero-order valence-electron chi connectivity index (χ0n) is 15.4. The van der Waals surface area contributed by atoms with Crippen molar-refractivity contribution in [1.29, 1.82) is 0 Å². The van der Waals surface area contributed by atoms with Gasteiger partial charge in [-0.25, -0.2) is 8.42 Å². The predicted molar refractivity (Wildman–Crippen MR) is 115 cm³/mol. The normalized spacial score (nSPS) is 14.9. The first kappa shape index (κ1) is 21.0. The van der Waals surface area contributed by atoms with E-state index in [4.69, 9.17) is 16.3 Å². The van der Waals surface area contributed by atoms with E-state index in [0.717, 1.165) is 18.2 Å². The van der Waals surface area contributed by atoms with E-state index in [-0.39, 0.29) is 5.91 Å². The highest BCUT2D eigenvalue weighted by Crippen LogP contribution is 2.34. The second-order valence-corrected chi connectivity index (χ2v) is 9.64. The summed E-state index contributed by atoms with van der Waals surface area (Å²) in [5.41, 5.74) is 2.02. The molecule has 2 aromatic rings. The van der Waals surface area contributed by atoms with Crippen LogP contribution in [0.3, 0.4) is 0 Å². The van der Waals surface area contributed by atoms with E-state index < -0.39 is 16.1 Å². The third-order valence-electron chi connectivity index (χ3n) is 4.36. The van der Waals surface area contributed by atoms with Crippen LogP contribution < -0.4 is 14.4 Å². The van der Waals surface area contributed by atoms with E-state index >= 15 is 0 Å². The van der Waals surface area contributed by atoms with Crippen LogP contribution in [-0.2, 0) is 21.2 Å². The molecule has 9 heteroatoms. The smallest absolute Gasteiger partial charge is 0.267 e. The summed E-state index contributed by atoms with van der Waals surface area (Å²) in [5, 5.41) is 0.564. The zero-order chi connectivity index (χ0) is 20.5. The third-order valence-corrected chi connectivity index (χ3v) is 5.80. The molecule has 3 rings (SSSR count). The van der Waals surface area contributed by atoms with Gasteiger partial charge in [-0.15, -0.1) is 0 Å². The first-order valence-corrected chi connectivity index (χ1v) is 11.7. The first-order chi connectivity index (χ1) is 13.2. The molecule has 150 valence electrons. The molecule has 6 nitrogen and oxygen atoms in total. The van der Waals surface area contributed by atoms with E-state index in [0.29, 0.717) is 39.6 Å². The van der Waals surface area contributed by atoms with Crippen molar-refractivity contribution in [3.63, 3.8) is 0 Å². The Morgan fingerprint density at radius 2 is 2.07 bits per heavy atom. The quantitative estimate of drug-likeness (QED) is 0.685. The van der Waals surface area contributed by atoms with Crippen molar-refractivity contribution in [2.75, 3.05) is 22.4 Å². The lowest BCUT2D eigenvalue weighted by atomic mass is 9.99. The Bertz CT molecular complexity index is 1010. The molecule has 2 aromatic carbocycles. The number of benzene rings is 2. The maximum Gasteiger partial charge on any atom is 0.267 e. The summed E-state index contributed by atoms with van der Waals surface area (Å²) in [6.07, 6.45) is 1.81. The molecule has 28 heavy (non-hydrogen) atoms. The number of rotatable bonds is 5. The molecular weight excluding hydrogens is 468 g/mol. The van der Waals surface area contributed by atoms with E-state index in [9.17, 15) is 13.2 Å². The summed E-state index contributed by atoms with van der Waals surface area (Å²) in [7, 11) is -3.41. The van der Waals surface area contributed by atoms with Crippen molar-refractivity contribution in [2.24, 2.45) is 0 Å². The number of nitrogens with zero attached hydrogens (tertiary/aromatic N) is 1. The number of hydrogen-bond acceptors (Lipinski definition) is 4. The van der Waals surface area contributed by atoms with Crippen molar-refractivity contribution < 1.29 is 17.9 Å². The maximum atomic E-state index is 13.1. The SMILES string of the molecule is C[C@@H](Oc1ccc(Cl)cc1Br)C(=O)N1CCCc2c(NS(C)(=O)=O)cccc21. The summed E-state index contributed by atoms with van der Waals surface area (Å²) in [5.74, 6) is 0.328. The van der Waals surface area contributed by atoms with Crippen LogP contribution in [0.1, 0.15) is 18.9 Å². The molecule has 0 spiro atoms. The first-order valence-electron chi connectivity index (χ1n) is 8.68. The van der Waals surface area contributed by atoms with Gasteiger partial charge >= 0.3 is 0 Å². The van der Waals surface area contributed by atoms with Gasteiger partial charge in [0.05, 0.1) is 16.4 Å². The largest absolute Gasteiger partial charge is 0.480 e. The summed E-state index contributed by atoms with van der Waals surface area (Å²) < 4.78 is 32.3. The van der Waals surface area contributed by atoms with Gasteiger partial charge < -0.3 is 9.64 Å². The topological polar surface area (TPSA) is 75.7 Å². The Hall–Kier alpha value is -1.77. The molecular formula is C19H20BrClN2O4S. The Morgan fingerprint density at radius 3 is 2.75 bits per heavy atom. The van der Waals surface area contributed by atoms with E-state index in [2.05, 4.69) is 20.7 Å². The number of carbonyl (C=O) groups is 1. The maximum absolute atomic E-state index is 13.1. The number of ether oxygens (including phenoxy) is 1. The number of hydrogen-bond donors (Lipinski definition) is 1. The van der Waals surface area contributed by atoms with Crippen LogP contribution in [0.25, 0.3) is 0 Å². The van der Waals surface area contributed by atoms with Gasteiger partial charge in [-0.3, -0.25) is 9.52 Å². The van der Waals surface area contributed by atoms with Gasteiger partial charge in [0.25, 0.3) is 5.91 Å². The van der Waals surface area contributed by atoms with Crippen molar-refractivity contribution >= 4 is 54.8 Å². The van der Waals surface area contributed by atoms with Crippen LogP contribution in [0.5, 0.6) is 5.75 Å². The number of amides is 1. The average molecular weight is 488 g/mol. The van der Waals surface area contributed by atoms with Crippen LogP contribution in [0.4, 0.5) is 11.4 Å². The molecule has 1 atom stereocenters. The van der Waals surface area contributed by atoms with Crippen molar-refractivity contribution in [2.45, 2.75) is 25.9 Å². The van der Waals surface area contributed by atoms with Crippen LogP contribution in [-0.4, -0.2) is 33.2 Å². The molecule has 1 aliphatic rings. The molecule has 0 radical (unpaired) electrons. The summed E-state index contributed by atoms with van der Waals surface area (Å²) in [4.78, 5) is 14.7. The Kier molecular flexibility index (Phi) is 6.21. The highest BCUT2D eigenvalue weighted by atomic mass is 79.9. The molecule has 0 aromatic heterocycles. The lowest BCUT2D eigenvalue weighted by Gasteiger charge is -2.32. The molecule has 0 aliphatic carbocycles. The average Bonchev–Trinajstić information content (AvgIpc) is 2.62. The highest BCUT2D eigenvalue weighted by molar-refractivity contribution is 9.10. The van der Waals surface area contributed by atoms with Gasteiger partial charge in [-0.05, 0) is 66.0 Å². The molecule has 0 fully saturated rings. The number of fused-ring (bicyclic) bond motifs is 1. The fraction of sp³-hybridized carbons (Fsp3) is 0.316. The van der Waals surface area contributed by atoms with Crippen LogP contribution >= 0.6 is 27.5 Å². The molecule has 1 heterocycles. The molecule has 0 unspecified atom stereocenters. The molecule has 0 bridgehead atoms. The van der Waals surface area contributed by atoms with Gasteiger partial charge in [0.1, 0.15) is 5.75 Å². The Morgan fingerprint density at radius 1 is 1.32 bits per heavy atom. The highest BCUT2D eigenvalue weighted by Gasteiger charge is 2.29. The van der Waals surface area contributed by atoms with Gasteiger partial charge in [0.2, 0.25) is 10.0 Å². The summed E-state index contributed by atoms with van der Waals surface area (Å²) in [6.45, 7) is 2.24. The fourth-order valence-corrected chi connectivity index (χ4v) is 4.55. The van der Waals surface area contributed by atoms with E-state index in [1.54, 1.807) is 42.2 Å². The van der Waals surface area contributed by atoms with Gasteiger partial charge in [-0.1, -0.05) is 17.7 Å². The number of carbonyl (C=O) groups excluding carboxylic acids is 1. The molecule has 0 saturated heterocycles. The Balaban J connectivity index is 1.85. The molecule has 1 amide bonds. The zero-order valence-corrected chi connectivity index (χ0v) is 18.6. The van der Waals surface area contributed by atoms with Crippen LogP contribution in [0.15, 0.2) is 40.9 Å². The third kappa shape index (κ3) is 4.79. The number of anilines is 2. The number of nitrogens with one attached hydrogen (secondary N) is 1. The van der Waals surface area contributed by atoms with Gasteiger partial charge in [-0.2, -0.15) is 0 Å². The fourth-order valence-electron chi connectivity index (χ4n) is 3.18. The predicted octanol–water partition coefficient (Wildman–Crippen LogP) is 4.22. The van der Waals surface area contributed by atoms with Crippen LogP contribution in [0.2, 0.25) is 5.02 Å². The molecule has 1 N–H and O–H groups in total. The summed E-state index contributed by atoms with van der Waals surface area (Å²) >= 11 is 9.33. The minimum atomic E-state index is -3.41. The van der Waals surface area contributed by atoms with Crippen molar-refractivity contribution in [1.82, 2.24) is 0 Å². The molecule has 0 saturated carbocycles. The standard InChI is InChI=1S/C19H20BrClN2O4S/c1-12(27-18-9-8-13(21)11-15(18)20)19(24)23-10-4-5-14-16(22-28(2,25)26)6-3-7-17(14)23/h3,6-9,11-12,22H,4-5,10H2,1-2H3/t12-/m1/s1. The van der Waals surface area contributed by atoms with E-state index in [1.807, 2.05) is 6.07 Å². The van der Waals surface area contributed by atoms with Crippen molar-refractivity contribution in [3.05, 3.63) is 51.5 Å². The van der Waals surface area contributed by atoms with Crippen molar-refractivity contribution in [3.8, 4) is 5.75 Å². The molecule has 1 aliphatic heterocycles. The lowest BCUT2D eigenvalue weighted by molar-refractivity contribution is -0.124. The Labute approximate surface area is 178 Å². The lowest BCUT2D eigenvalue weighted by Crippen LogP contribution is -2.43. The second kappa shape index (κ2) is 8.31. The second-order valence-electron chi connectivity index (χ2n) is 6.61.